The van der Waals surface area contributed by atoms with Crippen molar-refractivity contribution in [1.29, 1.82) is 0 Å². The smallest absolute Gasteiger partial charge is 0.266 e. The summed E-state index contributed by atoms with van der Waals surface area (Å²) in [6, 6.07) is 5.67. The van der Waals surface area contributed by atoms with Gasteiger partial charge >= 0.3 is 0 Å². The van der Waals surface area contributed by atoms with Crippen LogP contribution in [0.5, 0.6) is 0 Å². The Hall–Kier alpha value is -3.53. The zero-order chi connectivity index (χ0) is 21.8. The highest BCUT2D eigenvalue weighted by Gasteiger charge is 2.14. The second kappa shape index (κ2) is 9.09. The number of carbonyl (C=O) groups is 1. The van der Waals surface area contributed by atoms with E-state index in [1.165, 1.54) is 17.1 Å². The van der Waals surface area contributed by atoms with Gasteiger partial charge < -0.3 is 9.84 Å². The van der Waals surface area contributed by atoms with Crippen molar-refractivity contribution in [1.82, 2.24) is 34.8 Å². The lowest BCUT2D eigenvalue weighted by Crippen LogP contribution is -2.29. The van der Waals surface area contributed by atoms with Crippen LogP contribution in [0, 0.1) is 6.92 Å². The van der Waals surface area contributed by atoms with E-state index in [0.717, 1.165) is 10.9 Å². The Morgan fingerprint density at radius 3 is 2.94 bits per heavy atom. The monoisotopic (exact) mass is 441 g/mol. The van der Waals surface area contributed by atoms with E-state index in [0.29, 0.717) is 30.4 Å². The molecular formula is C20H20ClN7O3. The lowest BCUT2D eigenvalue weighted by molar-refractivity contribution is -0.121. The minimum atomic E-state index is -0.337. The van der Waals surface area contributed by atoms with Crippen LogP contribution in [0.1, 0.15) is 18.7 Å². The van der Waals surface area contributed by atoms with Gasteiger partial charge in [-0.1, -0.05) is 22.8 Å². The fourth-order valence-electron chi connectivity index (χ4n) is 3.18. The molecule has 0 bridgehead atoms. The third kappa shape index (κ3) is 4.64. The Morgan fingerprint density at radius 1 is 1.26 bits per heavy atom. The standard InChI is InChI=1S/C20H20ClN7O3/c1-13-25-19(31-26-13)15-10-22-12-27(20(15)30)9-6-18(29)23-7-3-8-28-17-5-2-4-16(21)14(17)11-24-28/h2,4-5,10-12H,3,6-9H2,1H3,(H,23,29). The van der Waals surface area contributed by atoms with Crippen molar-refractivity contribution in [2.24, 2.45) is 0 Å². The topological polar surface area (TPSA) is 121 Å². The first kappa shape index (κ1) is 20.7. The van der Waals surface area contributed by atoms with Gasteiger partial charge in [0.15, 0.2) is 5.82 Å². The molecule has 31 heavy (non-hydrogen) atoms. The first-order chi connectivity index (χ1) is 15.0. The second-order valence-corrected chi connectivity index (χ2v) is 7.35. The van der Waals surface area contributed by atoms with E-state index in [1.54, 1.807) is 13.1 Å². The van der Waals surface area contributed by atoms with Crippen LogP contribution in [-0.2, 0) is 17.9 Å². The summed E-state index contributed by atoms with van der Waals surface area (Å²) in [5.74, 6) is 0.385. The van der Waals surface area contributed by atoms with Crippen molar-refractivity contribution >= 4 is 28.4 Å². The number of hydrogen-bond donors (Lipinski definition) is 1. The SMILES string of the molecule is Cc1noc(-c2cncn(CCC(=O)NCCCn3ncc4c(Cl)cccc43)c2=O)n1. The number of benzene rings is 1. The summed E-state index contributed by atoms with van der Waals surface area (Å²) in [5.41, 5.74) is 0.827. The maximum absolute atomic E-state index is 12.6. The third-order valence-corrected chi connectivity index (χ3v) is 5.07. The van der Waals surface area contributed by atoms with Gasteiger partial charge in [0.1, 0.15) is 5.56 Å². The van der Waals surface area contributed by atoms with Crippen molar-refractivity contribution < 1.29 is 9.32 Å². The van der Waals surface area contributed by atoms with E-state index >= 15 is 0 Å². The maximum atomic E-state index is 12.6. The molecular weight excluding hydrogens is 422 g/mol. The molecule has 1 amide bonds. The third-order valence-electron chi connectivity index (χ3n) is 4.74. The lowest BCUT2D eigenvalue weighted by Gasteiger charge is -2.08. The summed E-state index contributed by atoms with van der Waals surface area (Å²) in [7, 11) is 0. The Kier molecular flexibility index (Phi) is 6.08. The van der Waals surface area contributed by atoms with E-state index in [1.807, 2.05) is 22.9 Å². The van der Waals surface area contributed by atoms with Crippen molar-refractivity contribution in [3.05, 3.63) is 58.1 Å². The number of hydrogen-bond acceptors (Lipinski definition) is 7. The number of rotatable bonds is 8. The van der Waals surface area contributed by atoms with Crippen molar-refractivity contribution in [2.75, 3.05) is 6.54 Å². The Labute approximate surface area is 181 Å². The zero-order valence-corrected chi connectivity index (χ0v) is 17.5. The fourth-order valence-corrected chi connectivity index (χ4v) is 3.39. The minimum absolute atomic E-state index is 0.112. The van der Waals surface area contributed by atoms with Crippen LogP contribution < -0.4 is 10.9 Å². The van der Waals surface area contributed by atoms with Crippen molar-refractivity contribution in [2.45, 2.75) is 32.9 Å². The van der Waals surface area contributed by atoms with Crippen LogP contribution in [0.15, 0.2) is 46.2 Å². The van der Waals surface area contributed by atoms with E-state index < -0.39 is 0 Å². The molecule has 4 aromatic rings. The minimum Gasteiger partial charge on any atom is -0.356 e. The van der Waals surface area contributed by atoms with E-state index in [-0.39, 0.29) is 35.9 Å². The molecule has 0 saturated carbocycles. The molecule has 0 unspecified atom stereocenters. The first-order valence-electron chi connectivity index (χ1n) is 9.75. The van der Waals surface area contributed by atoms with Gasteiger partial charge in [0.2, 0.25) is 5.91 Å². The van der Waals surface area contributed by atoms with Crippen LogP contribution in [0.25, 0.3) is 22.4 Å². The lowest BCUT2D eigenvalue weighted by atomic mass is 10.2. The summed E-state index contributed by atoms with van der Waals surface area (Å²) in [6.07, 6.45) is 5.36. The predicted molar refractivity (Wildman–Crippen MR) is 114 cm³/mol. The molecule has 3 heterocycles. The molecule has 0 atom stereocenters. The molecule has 3 aromatic heterocycles. The second-order valence-electron chi connectivity index (χ2n) is 6.95. The van der Waals surface area contributed by atoms with Gasteiger partial charge in [0.25, 0.3) is 11.4 Å². The summed E-state index contributed by atoms with van der Waals surface area (Å²) >= 11 is 6.16. The maximum Gasteiger partial charge on any atom is 0.266 e. The summed E-state index contributed by atoms with van der Waals surface area (Å²) in [6.45, 7) is 3.01. The highest BCUT2D eigenvalue weighted by molar-refractivity contribution is 6.35. The molecule has 0 aliphatic carbocycles. The van der Waals surface area contributed by atoms with Gasteiger partial charge in [-0.3, -0.25) is 18.8 Å². The summed E-state index contributed by atoms with van der Waals surface area (Å²) in [4.78, 5) is 32.8. The number of nitrogens with zero attached hydrogens (tertiary/aromatic N) is 6. The average Bonchev–Trinajstić information content (AvgIpc) is 3.37. The fraction of sp³-hybridized carbons (Fsp3) is 0.300. The Morgan fingerprint density at radius 2 is 2.13 bits per heavy atom. The molecule has 1 N–H and O–H groups in total. The van der Waals surface area contributed by atoms with E-state index in [4.69, 9.17) is 16.1 Å². The first-order valence-corrected chi connectivity index (χ1v) is 10.1. The normalized spacial score (nSPS) is 11.2. The molecule has 10 nitrogen and oxygen atoms in total. The molecule has 0 saturated heterocycles. The number of carbonyl (C=O) groups excluding carboxylic acids is 1. The van der Waals surface area contributed by atoms with Crippen LogP contribution in [0.3, 0.4) is 0 Å². The summed E-state index contributed by atoms with van der Waals surface area (Å²) < 4.78 is 8.25. The average molecular weight is 442 g/mol. The molecule has 0 aliphatic heterocycles. The largest absolute Gasteiger partial charge is 0.356 e. The highest BCUT2D eigenvalue weighted by atomic mass is 35.5. The van der Waals surface area contributed by atoms with Gasteiger partial charge in [-0.05, 0) is 25.5 Å². The Balaban J connectivity index is 1.27. The molecule has 160 valence electrons. The zero-order valence-electron chi connectivity index (χ0n) is 16.8. The van der Waals surface area contributed by atoms with E-state index in [9.17, 15) is 9.59 Å². The van der Waals surface area contributed by atoms with Crippen LogP contribution in [0.2, 0.25) is 5.02 Å². The molecule has 0 aliphatic rings. The van der Waals surface area contributed by atoms with E-state index in [2.05, 4.69) is 25.5 Å². The summed E-state index contributed by atoms with van der Waals surface area (Å²) in [5, 5.41) is 12.5. The molecule has 0 fully saturated rings. The number of fused-ring (bicyclic) bond motifs is 1. The van der Waals surface area contributed by atoms with Gasteiger partial charge in [0, 0.05) is 37.6 Å². The Bertz CT molecular complexity index is 1280. The van der Waals surface area contributed by atoms with Crippen molar-refractivity contribution in [3.63, 3.8) is 0 Å². The number of nitrogens with one attached hydrogen (secondary N) is 1. The van der Waals surface area contributed by atoms with Gasteiger partial charge in [-0.15, -0.1) is 0 Å². The molecule has 0 spiro atoms. The van der Waals surface area contributed by atoms with Crippen LogP contribution in [0.4, 0.5) is 0 Å². The number of amides is 1. The predicted octanol–water partition coefficient (Wildman–Crippen LogP) is 2.20. The highest BCUT2D eigenvalue weighted by Crippen LogP contribution is 2.22. The molecule has 4 rings (SSSR count). The van der Waals surface area contributed by atoms with Gasteiger partial charge in [-0.2, -0.15) is 10.1 Å². The van der Waals surface area contributed by atoms with Gasteiger partial charge in [-0.25, -0.2) is 4.98 Å². The van der Waals surface area contributed by atoms with Gasteiger partial charge in [0.05, 0.1) is 23.1 Å². The van der Waals surface area contributed by atoms with Crippen LogP contribution in [-0.4, -0.2) is 41.9 Å². The number of aromatic nitrogens is 6. The molecule has 11 heteroatoms. The quantitative estimate of drug-likeness (QED) is 0.416. The van der Waals surface area contributed by atoms with Crippen molar-refractivity contribution in [3.8, 4) is 11.5 Å². The molecule has 1 aromatic carbocycles. The number of aryl methyl sites for hydroxylation is 3. The van der Waals surface area contributed by atoms with Crippen LogP contribution >= 0.6 is 11.6 Å². The molecule has 0 radical (unpaired) electrons. The number of halogens is 1.